The molecule has 1 aromatic heterocycles. The lowest BCUT2D eigenvalue weighted by Crippen LogP contribution is -2.23. The number of aromatic nitrogens is 2. The van der Waals surface area contributed by atoms with Crippen LogP contribution in [-0.2, 0) is 16.3 Å². The minimum atomic E-state index is -0.536. The van der Waals surface area contributed by atoms with Crippen LogP contribution in [0.3, 0.4) is 0 Å². The number of nitrogens with zero attached hydrogens (tertiary/aromatic N) is 2. The molecule has 2 rings (SSSR count). The molecule has 4 nitrogen and oxygen atoms in total. The molecule has 0 aliphatic carbocycles. The lowest BCUT2D eigenvalue weighted by Gasteiger charge is -2.23. The third kappa shape index (κ3) is 4.30. The van der Waals surface area contributed by atoms with Gasteiger partial charge in [0, 0.05) is 25.7 Å². The molecule has 0 saturated heterocycles. The predicted molar refractivity (Wildman–Crippen MR) is 96.6 cm³/mol. The second-order valence-electron chi connectivity index (χ2n) is 5.02. The zero-order chi connectivity index (χ0) is 15.5. The van der Waals surface area contributed by atoms with Crippen LogP contribution in [0.5, 0.6) is 0 Å². The molecule has 7 heteroatoms. The number of carbonyl (C=O) groups is 1. The lowest BCUT2D eigenvalue weighted by atomic mass is 10.0. The molecular weight excluding hydrogens is 467 g/mol. The first-order valence-electron chi connectivity index (χ1n) is 6.20. The van der Waals surface area contributed by atoms with Gasteiger partial charge in [-0.25, -0.2) is 0 Å². The van der Waals surface area contributed by atoms with Gasteiger partial charge in [0.05, 0.1) is 21.5 Å². The molecule has 0 amide bonds. The predicted octanol–water partition coefficient (Wildman–Crippen LogP) is 4.76. The van der Waals surface area contributed by atoms with Gasteiger partial charge >= 0.3 is 0 Å². The Morgan fingerprint density at radius 2 is 2.24 bits per heavy atom. The fourth-order valence-electron chi connectivity index (χ4n) is 2.03. The normalized spacial score (nSPS) is 11.6. The molecule has 0 radical (unpaired) electrons. The first-order valence-corrected chi connectivity index (χ1v) is 10.3. The first-order chi connectivity index (χ1) is 9.96. The van der Waals surface area contributed by atoms with Crippen molar-refractivity contribution in [1.82, 2.24) is 9.78 Å². The minimum Gasteiger partial charge on any atom is -0.296 e. The molecule has 21 heavy (non-hydrogen) atoms. The Morgan fingerprint density at radius 1 is 1.48 bits per heavy atom. The van der Waals surface area contributed by atoms with Crippen LogP contribution in [0.1, 0.15) is 35.6 Å². The van der Waals surface area contributed by atoms with E-state index in [4.69, 9.17) is 4.18 Å². The SMILES string of the molecule is CC(C)(OSI)c1cc(C=O)nn1Cc1cccc(Br)c1. The van der Waals surface area contributed by atoms with Gasteiger partial charge in [-0.1, -0.05) is 28.1 Å². The maximum Gasteiger partial charge on any atom is 0.170 e. The highest BCUT2D eigenvalue weighted by Gasteiger charge is 2.27. The molecule has 1 aromatic carbocycles. The molecule has 0 bridgehead atoms. The quantitative estimate of drug-likeness (QED) is 0.340. The highest BCUT2D eigenvalue weighted by Crippen LogP contribution is 2.32. The van der Waals surface area contributed by atoms with Crippen LogP contribution in [0, 0.1) is 0 Å². The maximum absolute atomic E-state index is 11.0. The summed E-state index contributed by atoms with van der Waals surface area (Å²) >= 11 is 5.55. The topological polar surface area (TPSA) is 44.1 Å². The Bertz CT molecular complexity index is 646. The number of hydrogen-bond acceptors (Lipinski definition) is 4. The highest BCUT2D eigenvalue weighted by atomic mass is 127. The molecule has 0 saturated carbocycles. The monoisotopic (exact) mass is 480 g/mol. The molecule has 0 atom stereocenters. The van der Waals surface area contributed by atoms with Gasteiger partial charge in [-0.05, 0) is 37.6 Å². The number of carbonyl (C=O) groups excluding carboxylic acids is 1. The molecule has 0 aliphatic rings. The third-order valence-electron chi connectivity index (χ3n) is 3.00. The van der Waals surface area contributed by atoms with E-state index in [-0.39, 0.29) is 0 Å². The van der Waals surface area contributed by atoms with Gasteiger partial charge < -0.3 is 0 Å². The summed E-state index contributed by atoms with van der Waals surface area (Å²) in [7, 11) is 1.27. The summed E-state index contributed by atoms with van der Waals surface area (Å²) in [5.41, 5.74) is 1.85. The Balaban J connectivity index is 2.38. The Hall–Kier alpha value is -0.380. The third-order valence-corrected chi connectivity index (χ3v) is 4.51. The zero-order valence-corrected chi connectivity index (χ0v) is 16.1. The molecule has 2 aromatic rings. The molecule has 0 fully saturated rings. The average molecular weight is 481 g/mol. The number of halogens is 2. The number of hydrogen-bond donors (Lipinski definition) is 0. The Morgan fingerprint density at radius 3 is 2.86 bits per heavy atom. The zero-order valence-electron chi connectivity index (χ0n) is 11.5. The molecular formula is C14H14BrIN2O2S. The summed E-state index contributed by atoms with van der Waals surface area (Å²) in [6, 6.07) is 9.79. The van der Waals surface area contributed by atoms with Crippen molar-refractivity contribution in [2.75, 3.05) is 0 Å². The van der Waals surface area contributed by atoms with Crippen molar-refractivity contribution >= 4 is 52.6 Å². The second kappa shape index (κ2) is 7.26. The number of rotatable bonds is 6. The maximum atomic E-state index is 11.0. The van der Waals surface area contributed by atoms with E-state index in [1.54, 1.807) is 6.07 Å². The summed E-state index contributed by atoms with van der Waals surface area (Å²) in [5.74, 6) is 0. The van der Waals surface area contributed by atoms with Crippen LogP contribution in [-0.4, -0.2) is 16.1 Å². The summed E-state index contributed by atoms with van der Waals surface area (Å²) in [6.45, 7) is 4.50. The smallest absolute Gasteiger partial charge is 0.170 e. The van der Waals surface area contributed by atoms with Crippen molar-refractivity contribution in [2.45, 2.75) is 26.0 Å². The lowest BCUT2D eigenvalue weighted by molar-refractivity contribution is 0.111. The van der Waals surface area contributed by atoms with Gasteiger partial charge in [0.15, 0.2) is 6.29 Å². The Labute approximate surface area is 148 Å². The van der Waals surface area contributed by atoms with Crippen LogP contribution in [0.15, 0.2) is 34.8 Å². The summed E-state index contributed by atoms with van der Waals surface area (Å²) in [6.07, 6.45) is 0.758. The minimum absolute atomic E-state index is 0.412. The number of aldehydes is 1. The second-order valence-corrected chi connectivity index (χ2v) is 7.30. The largest absolute Gasteiger partial charge is 0.296 e. The molecule has 0 unspecified atom stereocenters. The van der Waals surface area contributed by atoms with Crippen LogP contribution in [0.2, 0.25) is 0 Å². The average Bonchev–Trinajstić information content (AvgIpc) is 2.82. The van der Waals surface area contributed by atoms with Crippen LogP contribution < -0.4 is 0 Å². The Kier molecular flexibility index (Phi) is 5.87. The van der Waals surface area contributed by atoms with Crippen molar-refractivity contribution in [2.24, 2.45) is 0 Å². The fraction of sp³-hybridized carbons (Fsp3) is 0.286. The van der Waals surface area contributed by atoms with Gasteiger partial charge in [0.1, 0.15) is 11.3 Å². The van der Waals surface area contributed by atoms with E-state index >= 15 is 0 Å². The summed E-state index contributed by atoms with van der Waals surface area (Å²) in [5, 5.41) is 4.34. The fourth-order valence-corrected chi connectivity index (χ4v) is 4.07. The van der Waals surface area contributed by atoms with Gasteiger partial charge in [-0.2, -0.15) is 5.10 Å². The molecule has 1 heterocycles. The van der Waals surface area contributed by atoms with E-state index in [0.717, 1.165) is 22.0 Å². The van der Waals surface area contributed by atoms with Gasteiger partial charge in [-0.15, -0.1) is 0 Å². The standard InChI is InChI=1S/C14H14BrIN2O2S/c1-14(2,20-21-16)13-7-12(9-19)17-18(13)8-10-4-3-5-11(15)6-10/h3-7,9H,8H2,1-2H3. The van der Waals surface area contributed by atoms with Gasteiger partial charge in [-0.3, -0.25) is 13.7 Å². The molecule has 0 spiro atoms. The first kappa shape index (κ1) is 17.0. The van der Waals surface area contributed by atoms with Crippen molar-refractivity contribution in [3.8, 4) is 0 Å². The number of benzene rings is 1. The van der Waals surface area contributed by atoms with Crippen molar-refractivity contribution < 1.29 is 8.98 Å². The van der Waals surface area contributed by atoms with E-state index in [9.17, 15) is 4.79 Å². The van der Waals surface area contributed by atoms with Crippen molar-refractivity contribution in [3.05, 3.63) is 51.8 Å². The van der Waals surface area contributed by atoms with E-state index in [0.29, 0.717) is 12.2 Å². The van der Waals surface area contributed by atoms with E-state index in [2.05, 4.69) is 42.2 Å². The molecule has 112 valence electrons. The van der Waals surface area contributed by atoms with E-state index < -0.39 is 5.60 Å². The van der Waals surface area contributed by atoms with Crippen LogP contribution >= 0.6 is 46.3 Å². The van der Waals surface area contributed by atoms with Gasteiger partial charge in [0.2, 0.25) is 0 Å². The van der Waals surface area contributed by atoms with Crippen molar-refractivity contribution in [3.63, 3.8) is 0 Å². The highest BCUT2D eigenvalue weighted by molar-refractivity contribution is 14.2. The van der Waals surface area contributed by atoms with Gasteiger partial charge in [0.25, 0.3) is 0 Å². The molecule has 0 aliphatic heterocycles. The summed E-state index contributed by atoms with van der Waals surface area (Å²) in [4.78, 5) is 11.0. The van der Waals surface area contributed by atoms with Crippen LogP contribution in [0.25, 0.3) is 0 Å². The molecule has 0 N–H and O–H groups in total. The van der Waals surface area contributed by atoms with E-state index in [1.165, 1.54) is 9.21 Å². The van der Waals surface area contributed by atoms with Crippen LogP contribution in [0.4, 0.5) is 0 Å². The van der Waals surface area contributed by atoms with Crippen molar-refractivity contribution in [1.29, 1.82) is 0 Å². The van der Waals surface area contributed by atoms with E-state index in [1.807, 2.05) is 42.8 Å². The summed E-state index contributed by atoms with van der Waals surface area (Å²) < 4.78 is 8.53.